The molecule has 0 atom stereocenters. The van der Waals surface area contributed by atoms with E-state index in [0.717, 1.165) is 15.4 Å². The average Bonchev–Trinajstić information content (AvgIpc) is 2.94. The second-order valence-electron chi connectivity index (χ2n) is 6.03. The molecule has 0 radical (unpaired) electrons. The molecule has 5 nitrogen and oxygen atoms in total. The summed E-state index contributed by atoms with van der Waals surface area (Å²) >= 11 is 1.60. The lowest BCUT2D eigenvalue weighted by Crippen LogP contribution is -2.18. The highest BCUT2D eigenvalue weighted by atomic mass is 32.1. The molecule has 2 aromatic rings. The van der Waals surface area contributed by atoms with Crippen LogP contribution in [0.5, 0.6) is 11.5 Å². The van der Waals surface area contributed by atoms with Gasteiger partial charge in [0.15, 0.2) is 11.5 Å². The first-order valence-electron chi connectivity index (χ1n) is 8.29. The Morgan fingerprint density at radius 3 is 2.79 bits per heavy atom. The molecular formula is C18H23N3O2S. The van der Waals surface area contributed by atoms with E-state index in [0.29, 0.717) is 11.8 Å². The normalized spacial score (nSPS) is 16.8. The van der Waals surface area contributed by atoms with Gasteiger partial charge in [0.25, 0.3) is 0 Å². The molecule has 1 N–H and O–H groups in total. The Morgan fingerprint density at radius 1 is 1.29 bits per heavy atom. The number of methoxy groups -OCH3 is 1. The highest BCUT2D eigenvalue weighted by molar-refractivity contribution is 7.09. The maximum absolute atomic E-state index is 9.83. The van der Waals surface area contributed by atoms with E-state index < -0.39 is 0 Å². The first-order valence-corrected chi connectivity index (χ1v) is 9.10. The predicted molar refractivity (Wildman–Crippen MR) is 97.1 cm³/mol. The lowest BCUT2D eigenvalue weighted by molar-refractivity contribution is 0.373. The van der Waals surface area contributed by atoms with Gasteiger partial charge in [-0.15, -0.1) is 0 Å². The smallest absolute Gasteiger partial charge is 0.203 e. The van der Waals surface area contributed by atoms with Crippen molar-refractivity contribution in [1.82, 2.24) is 9.78 Å². The summed E-state index contributed by atoms with van der Waals surface area (Å²) in [6.45, 7) is 0. The van der Waals surface area contributed by atoms with Gasteiger partial charge in [-0.3, -0.25) is 4.99 Å². The molecule has 1 heterocycles. The van der Waals surface area contributed by atoms with Gasteiger partial charge in [0, 0.05) is 7.05 Å². The first-order chi connectivity index (χ1) is 11.7. The topological polar surface area (TPSA) is 59.6 Å². The van der Waals surface area contributed by atoms with E-state index >= 15 is 0 Å². The highest BCUT2D eigenvalue weighted by Gasteiger charge is 2.12. The van der Waals surface area contributed by atoms with Crippen LogP contribution >= 0.6 is 11.3 Å². The molecule has 1 fully saturated rings. The first kappa shape index (κ1) is 16.8. The van der Waals surface area contributed by atoms with Crippen molar-refractivity contribution in [2.75, 3.05) is 7.11 Å². The molecule has 128 valence electrons. The fourth-order valence-electron chi connectivity index (χ4n) is 2.89. The van der Waals surface area contributed by atoms with Gasteiger partial charge in [-0.05, 0) is 36.6 Å². The minimum absolute atomic E-state index is 0.136. The number of ether oxygens (including phenoxy) is 1. The second-order valence-corrected chi connectivity index (χ2v) is 7.02. The Balaban J connectivity index is 1.77. The predicted octanol–water partition coefficient (Wildman–Crippen LogP) is 3.60. The molecule has 3 rings (SSSR count). The van der Waals surface area contributed by atoms with Crippen LogP contribution in [0.4, 0.5) is 0 Å². The van der Waals surface area contributed by atoms with Crippen molar-refractivity contribution in [3.63, 3.8) is 0 Å². The van der Waals surface area contributed by atoms with Gasteiger partial charge in [0.05, 0.1) is 13.2 Å². The van der Waals surface area contributed by atoms with Crippen LogP contribution in [0.25, 0.3) is 12.2 Å². The second kappa shape index (κ2) is 7.66. The number of phenols is 1. The fourth-order valence-corrected chi connectivity index (χ4v) is 3.75. The van der Waals surface area contributed by atoms with Gasteiger partial charge in [-0.1, -0.05) is 42.7 Å². The molecule has 0 aliphatic heterocycles. The van der Waals surface area contributed by atoms with Crippen molar-refractivity contribution in [1.29, 1.82) is 0 Å². The Kier molecular flexibility index (Phi) is 5.35. The van der Waals surface area contributed by atoms with E-state index in [9.17, 15) is 5.11 Å². The quantitative estimate of drug-likeness (QED) is 0.921. The van der Waals surface area contributed by atoms with Crippen molar-refractivity contribution < 1.29 is 9.84 Å². The van der Waals surface area contributed by atoms with Crippen LogP contribution in [0.2, 0.25) is 0 Å². The lowest BCUT2D eigenvalue weighted by atomic mass is 9.96. The van der Waals surface area contributed by atoms with Crippen molar-refractivity contribution >= 4 is 23.5 Å². The van der Waals surface area contributed by atoms with Crippen molar-refractivity contribution in [2.45, 2.75) is 38.1 Å². The van der Waals surface area contributed by atoms with Gasteiger partial charge < -0.3 is 9.84 Å². The van der Waals surface area contributed by atoms with E-state index in [4.69, 9.17) is 9.73 Å². The average molecular weight is 345 g/mol. The largest absolute Gasteiger partial charge is 0.504 e. The van der Waals surface area contributed by atoms with Crippen LogP contribution in [0.1, 0.15) is 42.7 Å². The minimum atomic E-state index is 0.136. The number of phenolic OH excluding ortho intramolecular Hbond substituents is 1. The van der Waals surface area contributed by atoms with Crippen molar-refractivity contribution in [2.24, 2.45) is 12.0 Å². The zero-order chi connectivity index (χ0) is 16.9. The highest BCUT2D eigenvalue weighted by Crippen LogP contribution is 2.27. The number of benzene rings is 1. The molecule has 0 saturated heterocycles. The van der Waals surface area contributed by atoms with Gasteiger partial charge in [0.2, 0.25) is 4.80 Å². The summed E-state index contributed by atoms with van der Waals surface area (Å²) in [7, 11) is 3.48. The molecule has 1 aromatic heterocycles. The Labute approximate surface area is 146 Å². The van der Waals surface area contributed by atoms with Gasteiger partial charge in [0.1, 0.15) is 5.01 Å². The monoisotopic (exact) mass is 345 g/mol. The molecular weight excluding hydrogens is 322 g/mol. The van der Waals surface area contributed by atoms with Crippen molar-refractivity contribution in [3.8, 4) is 11.5 Å². The van der Waals surface area contributed by atoms with Gasteiger partial charge in [-0.2, -0.15) is 5.10 Å². The summed E-state index contributed by atoms with van der Waals surface area (Å²) < 4.78 is 6.91. The molecule has 1 aliphatic rings. The molecule has 1 aromatic carbocycles. The molecule has 0 spiro atoms. The fraction of sp³-hybridized carbons (Fsp3) is 0.444. The Bertz CT molecular complexity index is 786. The van der Waals surface area contributed by atoms with E-state index in [1.807, 2.05) is 29.9 Å². The standard InChI is InChI=1S/C18H23N3O2S/c1-21-18(19-14-6-4-3-5-7-14)24-17(20-21)11-9-13-8-10-16(23-2)15(22)12-13/h8-12,14,22H,3-7H2,1-2H3/b11-9+,19-18+. The van der Waals surface area contributed by atoms with E-state index in [2.05, 4.69) is 5.10 Å². The summed E-state index contributed by atoms with van der Waals surface area (Å²) in [6.07, 6.45) is 10.2. The van der Waals surface area contributed by atoms with Crippen LogP contribution in [-0.4, -0.2) is 28.0 Å². The SMILES string of the molecule is COc1ccc(/C=C/c2nn(C)/c(=N\C3CCCCC3)s2)cc1O. The third-order valence-corrected chi connectivity index (χ3v) is 5.19. The third kappa shape index (κ3) is 4.06. The molecule has 24 heavy (non-hydrogen) atoms. The van der Waals surface area contributed by atoms with Crippen LogP contribution in [0.3, 0.4) is 0 Å². The number of nitrogens with zero attached hydrogens (tertiary/aromatic N) is 3. The van der Waals surface area contributed by atoms with Crippen LogP contribution in [0, 0.1) is 0 Å². The molecule has 0 amide bonds. The molecule has 1 saturated carbocycles. The number of hydrogen-bond donors (Lipinski definition) is 1. The molecule has 6 heteroatoms. The summed E-state index contributed by atoms with van der Waals surface area (Å²) in [5.41, 5.74) is 0.900. The van der Waals surface area contributed by atoms with E-state index in [1.54, 1.807) is 23.5 Å². The molecule has 0 unspecified atom stereocenters. The summed E-state index contributed by atoms with van der Waals surface area (Å²) in [5.74, 6) is 0.610. The minimum Gasteiger partial charge on any atom is -0.504 e. The number of rotatable bonds is 4. The molecule has 0 bridgehead atoms. The maximum atomic E-state index is 9.83. The lowest BCUT2D eigenvalue weighted by Gasteiger charge is -2.16. The Hall–Kier alpha value is -2.08. The van der Waals surface area contributed by atoms with E-state index in [-0.39, 0.29) is 5.75 Å². The van der Waals surface area contributed by atoms with Gasteiger partial charge >= 0.3 is 0 Å². The Morgan fingerprint density at radius 2 is 2.08 bits per heavy atom. The van der Waals surface area contributed by atoms with E-state index in [1.165, 1.54) is 39.2 Å². The van der Waals surface area contributed by atoms with Crippen LogP contribution in [-0.2, 0) is 7.05 Å². The number of aromatic nitrogens is 2. The zero-order valence-corrected chi connectivity index (χ0v) is 14.9. The number of aromatic hydroxyl groups is 1. The maximum Gasteiger partial charge on any atom is 0.203 e. The van der Waals surface area contributed by atoms with Crippen molar-refractivity contribution in [3.05, 3.63) is 33.6 Å². The number of hydrogen-bond acceptors (Lipinski definition) is 5. The summed E-state index contributed by atoms with van der Waals surface area (Å²) in [5, 5.41) is 15.2. The third-order valence-electron chi connectivity index (χ3n) is 4.21. The van der Waals surface area contributed by atoms with Crippen LogP contribution in [0.15, 0.2) is 23.2 Å². The van der Waals surface area contributed by atoms with Gasteiger partial charge in [-0.25, -0.2) is 4.68 Å². The number of aryl methyl sites for hydroxylation is 1. The molecule has 1 aliphatic carbocycles. The summed E-state index contributed by atoms with van der Waals surface area (Å²) in [6, 6.07) is 5.77. The summed E-state index contributed by atoms with van der Waals surface area (Å²) in [4.78, 5) is 5.83. The zero-order valence-electron chi connectivity index (χ0n) is 14.1. The van der Waals surface area contributed by atoms with Crippen LogP contribution < -0.4 is 9.54 Å².